The number of rotatable bonds is 6. The lowest BCUT2D eigenvalue weighted by molar-refractivity contribution is -0.139. The fraction of sp³-hybridized carbons (Fsp3) is 0.250. The van der Waals surface area contributed by atoms with Gasteiger partial charge in [-0.2, -0.15) is 0 Å². The number of carbonyl (C=O) groups excluding carboxylic acids is 2. The summed E-state index contributed by atoms with van der Waals surface area (Å²) in [5.74, 6) is -0.703. The number of thioether (sulfide) groups is 1. The van der Waals surface area contributed by atoms with Crippen molar-refractivity contribution in [3.8, 4) is 0 Å². The van der Waals surface area contributed by atoms with Crippen LogP contribution in [0.15, 0.2) is 46.3 Å². The molecule has 0 saturated heterocycles. The summed E-state index contributed by atoms with van der Waals surface area (Å²) in [6.45, 7) is 1.70. The van der Waals surface area contributed by atoms with E-state index in [0.717, 1.165) is 11.8 Å². The summed E-state index contributed by atoms with van der Waals surface area (Å²) in [4.78, 5) is 41.9. The molecule has 7 nitrogen and oxygen atoms in total. The Hall–Kier alpha value is -2.61. The molecule has 0 spiro atoms. The average Bonchev–Trinajstić information content (AvgIpc) is 2.55. The van der Waals surface area contributed by atoms with Gasteiger partial charge in [0.25, 0.3) is 5.56 Å². The van der Waals surface area contributed by atoms with Crippen molar-refractivity contribution in [2.45, 2.75) is 23.8 Å². The maximum absolute atomic E-state index is 12.2. The van der Waals surface area contributed by atoms with Crippen molar-refractivity contribution in [2.24, 2.45) is 0 Å². The molecule has 1 atom stereocenters. The molecule has 1 aromatic heterocycles. The fourth-order valence-electron chi connectivity index (χ4n) is 1.84. The van der Waals surface area contributed by atoms with Gasteiger partial charge >= 0.3 is 5.97 Å². The number of methoxy groups -OCH3 is 1. The highest BCUT2D eigenvalue weighted by Gasteiger charge is 2.17. The first kappa shape index (κ1) is 17.7. The van der Waals surface area contributed by atoms with Gasteiger partial charge in [0.15, 0.2) is 5.16 Å². The Bertz CT molecular complexity index is 776. The third-order valence-electron chi connectivity index (χ3n) is 3.03. The van der Waals surface area contributed by atoms with Gasteiger partial charge in [0.2, 0.25) is 5.91 Å². The first-order valence-corrected chi connectivity index (χ1v) is 8.05. The largest absolute Gasteiger partial charge is 0.469 e. The number of aromatic nitrogens is 2. The minimum atomic E-state index is -0.487. The van der Waals surface area contributed by atoms with E-state index in [2.05, 4.69) is 20.0 Å². The van der Waals surface area contributed by atoms with Gasteiger partial charge in [-0.05, 0) is 19.1 Å². The first-order chi connectivity index (χ1) is 11.5. The Morgan fingerprint density at radius 2 is 2.04 bits per heavy atom. The first-order valence-electron chi connectivity index (χ1n) is 7.17. The molecule has 2 N–H and O–H groups in total. The van der Waals surface area contributed by atoms with Gasteiger partial charge in [0, 0.05) is 11.8 Å². The van der Waals surface area contributed by atoms with Gasteiger partial charge in [-0.25, -0.2) is 4.98 Å². The second-order valence-corrected chi connectivity index (χ2v) is 6.24. The Balaban J connectivity index is 2.05. The zero-order valence-corrected chi connectivity index (χ0v) is 14.1. The van der Waals surface area contributed by atoms with Crippen molar-refractivity contribution in [2.75, 3.05) is 12.4 Å². The van der Waals surface area contributed by atoms with Crippen molar-refractivity contribution in [3.05, 3.63) is 52.4 Å². The van der Waals surface area contributed by atoms with E-state index in [0.29, 0.717) is 11.4 Å². The van der Waals surface area contributed by atoms with Crippen LogP contribution in [0.3, 0.4) is 0 Å². The molecule has 0 aliphatic carbocycles. The number of para-hydroxylation sites is 1. The third-order valence-corrected chi connectivity index (χ3v) is 4.01. The smallest absolute Gasteiger partial charge is 0.311 e. The van der Waals surface area contributed by atoms with Crippen LogP contribution in [0.5, 0.6) is 0 Å². The van der Waals surface area contributed by atoms with Crippen LogP contribution >= 0.6 is 11.8 Å². The van der Waals surface area contributed by atoms with Crippen molar-refractivity contribution in [1.29, 1.82) is 0 Å². The third kappa shape index (κ3) is 5.24. The Morgan fingerprint density at radius 1 is 1.33 bits per heavy atom. The normalized spacial score (nSPS) is 11.6. The maximum atomic E-state index is 12.2. The highest BCUT2D eigenvalue weighted by Crippen LogP contribution is 2.20. The van der Waals surface area contributed by atoms with Crippen molar-refractivity contribution >= 4 is 29.3 Å². The molecule has 8 heteroatoms. The van der Waals surface area contributed by atoms with E-state index in [1.807, 2.05) is 18.2 Å². The molecular weight excluding hydrogens is 330 g/mol. The van der Waals surface area contributed by atoms with E-state index >= 15 is 0 Å². The number of esters is 1. The van der Waals surface area contributed by atoms with Crippen LogP contribution in [0.4, 0.5) is 5.69 Å². The van der Waals surface area contributed by atoms with E-state index in [4.69, 9.17) is 0 Å². The zero-order chi connectivity index (χ0) is 17.5. The number of nitrogens with one attached hydrogen (secondary N) is 2. The molecule has 1 amide bonds. The van der Waals surface area contributed by atoms with Gasteiger partial charge in [-0.15, -0.1) is 0 Å². The standard InChI is InChI=1S/C16H17N3O4S/c1-10(15(22)17-11-6-4-3-5-7-11)24-16-18-12(8-13(20)19-16)9-14(21)23-2/h3-8,10H,9H2,1-2H3,(H,17,22)(H,18,19,20)/t10-/m0/s1. The molecule has 126 valence electrons. The minimum absolute atomic E-state index is 0.0986. The molecular formula is C16H17N3O4S. The van der Waals surface area contributed by atoms with Crippen molar-refractivity contribution in [1.82, 2.24) is 9.97 Å². The van der Waals surface area contributed by atoms with Crippen LogP contribution < -0.4 is 10.9 Å². The van der Waals surface area contributed by atoms with Gasteiger partial charge in [-0.3, -0.25) is 14.4 Å². The van der Waals surface area contributed by atoms with E-state index in [1.54, 1.807) is 19.1 Å². The van der Waals surface area contributed by atoms with Crippen LogP contribution in [-0.4, -0.2) is 34.2 Å². The number of carbonyl (C=O) groups is 2. The molecule has 1 heterocycles. The van der Waals surface area contributed by atoms with Crippen LogP contribution in [0, 0.1) is 0 Å². The van der Waals surface area contributed by atoms with Crippen LogP contribution in [0.2, 0.25) is 0 Å². The molecule has 0 aliphatic rings. The minimum Gasteiger partial charge on any atom is -0.469 e. The number of amides is 1. The molecule has 0 saturated carbocycles. The van der Waals surface area contributed by atoms with Gasteiger partial charge in [0.1, 0.15) is 0 Å². The van der Waals surface area contributed by atoms with Gasteiger partial charge in [-0.1, -0.05) is 30.0 Å². The van der Waals surface area contributed by atoms with Crippen LogP contribution in [0.1, 0.15) is 12.6 Å². The van der Waals surface area contributed by atoms with Gasteiger partial charge in [0.05, 0.1) is 24.5 Å². The zero-order valence-electron chi connectivity index (χ0n) is 13.2. The number of H-pyrrole nitrogens is 1. The molecule has 0 fully saturated rings. The Kier molecular flexibility index (Phi) is 6.14. The fourth-order valence-corrected chi connectivity index (χ4v) is 2.67. The molecule has 0 unspecified atom stereocenters. The lowest BCUT2D eigenvalue weighted by Gasteiger charge is -2.11. The van der Waals surface area contributed by atoms with Gasteiger partial charge < -0.3 is 15.0 Å². The molecule has 0 bridgehead atoms. The summed E-state index contributed by atoms with van der Waals surface area (Å²) in [7, 11) is 1.27. The van der Waals surface area contributed by atoms with Crippen molar-refractivity contribution < 1.29 is 14.3 Å². The molecule has 0 aliphatic heterocycles. The summed E-state index contributed by atoms with van der Waals surface area (Å²) in [5.41, 5.74) is 0.599. The molecule has 2 aromatic rings. The predicted molar refractivity (Wildman–Crippen MR) is 91.0 cm³/mol. The highest BCUT2D eigenvalue weighted by atomic mass is 32.2. The summed E-state index contributed by atoms with van der Waals surface area (Å²) < 4.78 is 4.56. The second kappa shape index (κ2) is 8.30. The maximum Gasteiger partial charge on any atom is 0.311 e. The summed E-state index contributed by atoms with van der Waals surface area (Å²) in [5, 5.41) is 2.57. The number of ether oxygens (including phenoxy) is 1. The molecule has 24 heavy (non-hydrogen) atoms. The summed E-state index contributed by atoms with van der Waals surface area (Å²) in [6.07, 6.45) is -0.0986. The Morgan fingerprint density at radius 3 is 2.71 bits per heavy atom. The number of hydrogen-bond acceptors (Lipinski definition) is 6. The number of benzene rings is 1. The van der Waals surface area contributed by atoms with Crippen LogP contribution in [-0.2, 0) is 20.7 Å². The highest BCUT2D eigenvalue weighted by molar-refractivity contribution is 8.00. The molecule has 2 rings (SSSR count). The second-order valence-electron chi connectivity index (χ2n) is 4.91. The van der Waals surface area contributed by atoms with E-state index < -0.39 is 11.2 Å². The quantitative estimate of drug-likeness (QED) is 0.468. The predicted octanol–water partition coefficient (Wildman–Crippen LogP) is 1.60. The number of hydrogen-bond donors (Lipinski definition) is 2. The van der Waals surface area contributed by atoms with E-state index in [9.17, 15) is 14.4 Å². The average molecular weight is 347 g/mol. The lowest BCUT2D eigenvalue weighted by atomic mass is 10.3. The number of anilines is 1. The monoisotopic (exact) mass is 347 g/mol. The molecule has 0 radical (unpaired) electrons. The summed E-state index contributed by atoms with van der Waals surface area (Å²) >= 11 is 1.10. The van der Waals surface area contributed by atoms with E-state index in [1.165, 1.54) is 13.2 Å². The molecule has 1 aromatic carbocycles. The van der Waals surface area contributed by atoms with Crippen molar-refractivity contribution in [3.63, 3.8) is 0 Å². The number of nitrogens with zero attached hydrogens (tertiary/aromatic N) is 1. The lowest BCUT2D eigenvalue weighted by Crippen LogP contribution is -2.23. The topological polar surface area (TPSA) is 101 Å². The Labute approximate surface area is 142 Å². The van der Waals surface area contributed by atoms with Crippen LogP contribution in [0.25, 0.3) is 0 Å². The number of aromatic amines is 1. The SMILES string of the molecule is COC(=O)Cc1cc(=O)[nH]c(S[C@@H](C)C(=O)Nc2ccccc2)n1. The van der Waals surface area contributed by atoms with E-state index in [-0.39, 0.29) is 23.0 Å². The summed E-state index contributed by atoms with van der Waals surface area (Å²) in [6, 6.07) is 10.3.